The molecule has 0 unspecified atom stereocenters. The Bertz CT molecular complexity index is 1030. The summed E-state index contributed by atoms with van der Waals surface area (Å²) in [6, 6.07) is 18.9. The minimum Gasteiger partial charge on any atom is -0.310 e. The fourth-order valence-electron chi connectivity index (χ4n) is 2.72. The number of hydrogen-bond acceptors (Lipinski definition) is 3. The number of aryl methyl sites for hydroxylation is 2. The molecule has 0 aliphatic carbocycles. The smallest absolute Gasteiger partial charge is 0.276 e. The number of hydrogen-bond donors (Lipinski definition) is 1. The average molecular weight is 359 g/mol. The number of amides is 1. The van der Waals surface area contributed by atoms with Gasteiger partial charge in [-0.05, 0) is 37.1 Å². The van der Waals surface area contributed by atoms with Gasteiger partial charge in [-0.2, -0.15) is 5.10 Å². The summed E-state index contributed by atoms with van der Waals surface area (Å²) in [5, 5.41) is 3.94. The highest BCUT2D eigenvalue weighted by atomic mass is 16.2. The molecule has 0 saturated carbocycles. The van der Waals surface area contributed by atoms with Crippen molar-refractivity contribution in [3.63, 3.8) is 0 Å². The molecule has 1 N–H and O–H groups in total. The maximum atomic E-state index is 12.6. The Morgan fingerprint density at radius 3 is 2.56 bits per heavy atom. The van der Waals surface area contributed by atoms with Crippen molar-refractivity contribution >= 4 is 12.1 Å². The summed E-state index contributed by atoms with van der Waals surface area (Å²) in [6.07, 6.45) is 3.22. The molecule has 0 atom stereocenters. The summed E-state index contributed by atoms with van der Waals surface area (Å²) < 4.78 is 1.52. The van der Waals surface area contributed by atoms with E-state index < -0.39 is 5.91 Å². The summed E-state index contributed by atoms with van der Waals surface area (Å²) in [5.41, 5.74) is 6.28. The molecule has 2 aromatic carbocycles. The molecule has 0 saturated heterocycles. The molecule has 0 spiro atoms. The third-order valence-electron chi connectivity index (χ3n) is 4.16. The molecule has 5 heteroatoms. The lowest BCUT2D eigenvalue weighted by Gasteiger charge is -2.08. The van der Waals surface area contributed by atoms with E-state index in [1.807, 2.05) is 62.4 Å². The van der Waals surface area contributed by atoms with E-state index in [0.29, 0.717) is 6.54 Å². The Kier molecular flexibility index (Phi) is 5.61. The Morgan fingerprint density at radius 1 is 1.04 bits per heavy atom. The lowest BCUT2D eigenvalue weighted by Crippen LogP contribution is -2.30. The van der Waals surface area contributed by atoms with Crippen LogP contribution in [0.15, 0.2) is 76.8 Å². The number of aromatic nitrogens is 1. The minimum absolute atomic E-state index is 0.0613. The second-order valence-corrected chi connectivity index (χ2v) is 6.45. The van der Waals surface area contributed by atoms with Crippen LogP contribution >= 0.6 is 0 Å². The largest absolute Gasteiger partial charge is 0.310 e. The molecule has 0 radical (unpaired) electrons. The van der Waals surface area contributed by atoms with Crippen molar-refractivity contribution < 1.29 is 4.79 Å². The van der Waals surface area contributed by atoms with E-state index in [4.69, 9.17) is 0 Å². The Morgan fingerprint density at radius 2 is 1.81 bits per heavy atom. The van der Waals surface area contributed by atoms with Gasteiger partial charge in [-0.1, -0.05) is 59.7 Å². The number of benzene rings is 2. The van der Waals surface area contributed by atoms with Crippen molar-refractivity contribution in [3.05, 3.63) is 105 Å². The Labute approximate surface area is 158 Å². The van der Waals surface area contributed by atoms with Crippen LogP contribution in [0, 0.1) is 13.8 Å². The minimum atomic E-state index is -0.526. The molecule has 0 aliphatic heterocycles. The molecule has 1 heterocycles. The molecule has 0 aliphatic rings. The van der Waals surface area contributed by atoms with Gasteiger partial charge in [-0.3, -0.25) is 9.59 Å². The summed E-state index contributed by atoms with van der Waals surface area (Å²) in [4.78, 5) is 25.0. The first-order valence-electron chi connectivity index (χ1n) is 8.68. The van der Waals surface area contributed by atoms with Gasteiger partial charge in [-0.15, -0.1) is 0 Å². The van der Waals surface area contributed by atoms with Crippen LogP contribution in [-0.2, 0) is 6.54 Å². The molecular formula is C22H21N3O2. The van der Waals surface area contributed by atoms with Crippen LogP contribution in [0.4, 0.5) is 0 Å². The number of nitrogens with zero attached hydrogens (tertiary/aromatic N) is 2. The number of pyridine rings is 1. The maximum Gasteiger partial charge on any atom is 0.276 e. The first-order valence-corrected chi connectivity index (χ1v) is 8.68. The van der Waals surface area contributed by atoms with E-state index in [1.165, 1.54) is 10.6 Å². The summed E-state index contributed by atoms with van der Waals surface area (Å²) >= 11 is 0. The Hall–Kier alpha value is -3.47. The molecule has 0 bridgehead atoms. The van der Waals surface area contributed by atoms with Gasteiger partial charge in [0.25, 0.3) is 11.5 Å². The molecule has 0 fully saturated rings. The molecule has 136 valence electrons. The SMILES string of the molecule is Cc1ccc(/C=N\NC(=O)c2cccn(Cc3cccc(C)c3)c2=O)cc1. The topological polar surface area (TPSA) is 63.5 Å². The molecule has 27 heavy (non-hydrogen) atoms. The summed E-state index contributed by atoms with van der Waals surface area (Å²) in [7, 11) is 0. The number of nitrogens with one attached hydrogen (secondary N) is 1. The van der Waals surface area contributed by atoms with E-state index >= 15 is 0 Å². The van der Waals surface area contributed by atoms with Gasteiger partial charge in [0, 0.05) is 6.20 Å². The van der Waals surface area contributed by atoms with E-state index in [2.05, 4.69) is 10.5 Å². The van der Waals surface area contributed by atoms with Crippen molar-refractivity contribution in [3.8, 4) is 0 Å². The maximum absolute atomic E-state index is 12.6. The third-order valence-corrected chi connectivity index (χ3v) is 4.16. The molecule has 1 aromatic heterocycles. The zero-order valence-electron chi connectivity index (χ0n) is 15.3. The number of carbonyl (C=O) groups is 1. The van der Waals surface area contributed by atoms with Crippen molar-refractivity contribution in [2.24, 2.45) is 5.10 Å². The first kappa shape index (κ1) is 18.3. The van der Waals surface area contributed by atoms with Crippen molar-refractivity contribution in [2.45, 2.75) is 20.4 Å². The highest BCUT2D eigenvalue weighted by Gasteiger charge is 2.11. The predicted molar refractivity (Wildman–Crippen MR) is 107 cm³/mol. The second-order valence-electron chi connectivity index (χ2n) is 6.45. The summed E-state index contributed by atoms with van der Waals surface area (Å²) in [5.74, 6) is -0.526. The standard InChI is InChI=1S/C22H21N3O2/c1-16-8-10-18(11-9-16)14-23-24-21(26)20-7-4-12-25(22(20)27)15-19-6-3-5-17(2)13-19/h3-14H,15H2,1-2H3,(H,24,26)/b23-14-. The van der Waals surface area contributed by atoms with Crippen LogP contribution < -0.4 is 11.0 Å². The van der Waals surface area contributed by atoms with Crippen molar-refractivity contribution in [1.29, 1.82) is 0 Å². The van der Waals surface area contributed by atoms with E-state index in [0.717, 1.165) is 22.3 Å². The van der Waals surface area contributed by atoms with Gasteiger partial charge in [-0.25, -0.2) is 5.43 Å². The van der Waals surface area contributed by atoms with Gasteiger partial charge in [0.15, 0.2) is 0 Å². The van der Waals surface area contributed by atoms with Gasteiger partial charge >= 0.3 is 0 Å². The monoisotopic (exact) mass is 359 g/mol. The lowest BCUT2D eigenvalue weighted by atomic mass is 10.1. The van der Waals surface area contributed by atoms with Crippen molar-refractivity contribution in [2.75, 3.05) is 0 Å². The third kappa shape index (κ3) is 4.79. The first-order chi connectivity index (χ1) is 13.0. The number of rotatable bonds is 5. The zero-order valence-corrected chi connectivity index (χ0v) is 15.3. The molecule has 3 rings (SSSR count). The van der Waals surface area contributed by atoms with Crippen LogP contribution in [0.5, 0.6) is 0 Å². The highest BCUT2D eigenvalue weighted by molar-refractivity contribution is 5.94. The quantitative estimate of drug-likeness (QED) is 0.561. The molecule has 5 nitrogen and oxygen atoms in total. The van der Waals surface area contributed by atoms with E-state index in [9.17, 15) is 9.59 Å². The van der Waals surface area contributed by atoms with Crippen LogP contribution in [0.2, 0.25) is 0 Å². The van der Waals surface area contributed by atoms with Gasteiger partial charge in [0.2, 0.25) is 0 Å². The molecule has 3 aromatic rings. The Balaban J connectivity index is 1.73. The van der Waals surface area contributed by atoms with E-state index in [-0.39, 0.29) is 11.1 Å². The van der Waals surface area contributed by atoms with Crippen LogP contribution in [0.25, 0.3) is 0 Å². The van der Waals surface area contributed by atoms with Gasteiger partial charge in [0.05, 0.1) is 12.8 Å². The summed E-state index contributed by atoms with van der Waals surface area (Å²) in [6.45, 7) is 4.41. The fraction of sp³-hybridized carbons (Fsp3) is 0.136. The molecule has 1 amide bonds. The fourth-order valence-corrected chi connectivity index (χ4v) is 2.72. The lowest BCUT2D eigenvalue weighted by molar-refractivity contribution is 0.0953. The zero-order chi connectivity index (χ0) is 19.2. The van der Waals surface area contributed by atoms with E-state index in [1.54, 1.807) is 18.5 Å². The normalized spacial score (nSPS) is 10.9. The van der Waals surface area contributed by atoms with Crippen molar-refractivity contribution in [1.82, 2.24) is 9.99 Å². The van der Waals surface area contributed by atoms with Crippen LogP contribution in [0.3, 0.4) is 0 Å². The molecular weight excluding hydrogens is 338 g/mol. The average Bonchev–Trinajstić information content (AvgIpc) is 2.65. The second kappa shape index (κ2) is 8.27. The van der Waals surface area contributed by atoms with Crippen LogP contribution in [-0.4, -0.2) is 16.7 Å². The van der Waals surface area contributed by atoms with Gasteiger partial charge < -0.3 is 4.57 Å². The number of carbonyl (C=O) groups excluding carboxylic acids is 1. The van der Waals surface area contributed by atoms with Gasteiger partial charge in [0.1, 0.15) is 5.56 Å². The number of hydrazone groups is 1. The van der Waals surface area contributed by atoms with Crippen LogP contribution in [0.1, 0.15) is 32.6 Å². The predicted octanol–water partition coefficient (Wildman–Crippen LogP) is 3.28. The highest BCUT2D eigenvalue weighted by Crippen LogP contribution is 2.05.